The van der Waals surface area contributed by atoms with Crippen LogP contribution >= 0.6 is 11.3 Å². The van der Waals surface area contributed by atoms with Gasteiger partial charge in [-0.1, -0.05) is 23.5 Å². The lowest BCUT2D eigenvalue weighted by molar-refractivity contribution is 0.192. The summed E-state index contributed by atoms with van der Waals surface area (Å²) in [6.07, 6.45) is 9.52. The maximum absolute atomic E-state index is 12.3. The number of thiazole rings is 1. The molecule has 2 heterocycles. The lowest BCUT2D eigenvalue weighted by Gasteiger charge is -2.13. The molecule has 2 aromatic heterocycles. The Kier molecular flexibility index (Phi) is 3.53. The summed E-state index contributed by atoms with van der Waals surface area (Å²) in [5, 5.41) is 3.15. The van der Waals surface area contributed by atoms with Gasteiger partial charge in [0, 0.05) is 24.9 Å². The summed E-state index contributed by atoms with van der Waals surface area (Å²) in [5.74, 6) is 0.855. The van der Waals surface area contributed by atoms with Gasteiger partial charge in [0.05, 0.1) is 15.9 Å². The highest BCUT2D eigenvalue weighted by Gasteiger charge is 2.17. The maximum Gasteiger partial charge on any atom is 0.228 e. The van der Waals surface area contributed by atoms with Gasteiger partial charge in [-0.15, -0.1) is 0 Å². The summed E-state index contributed by atoms with van der Waals surface area (Å²) in [4.78, 5) is 5.71. The largest absolute Gasteiger partial charge is 0.463 e. The van der Waals surface area contributed by atoms with E-state index >= 15 is 0 Å². The van der Waals surface area contributed by atoms with Gasteiger partial charge in [-0.05, 0) is 30.7 Å². The van der Waals surface area contributed by atoms with Crippen molar-refractivity contribution in [2.75, 3.05) is 13.9 Å². The van der Waals surface area contributed by atoms with Crippen LogP contribution < -0.4 is 10.1 Å². The van der Waals surface area contributed by atoms with Crippen molar-refractivity contribution in [1.82, 2.24) is 14.7 Å². The third-order valence-corrected chi connectivity index (χ3v) is 5.09. The molecule has 6 heteroatoms. The van der Waals surface area contributed by atoms with Crippen LogP contribution in [-0.4, -0.2) is 23.3 Å². The third-order valence-electron chi connectivity index (χ3n) is 4.07. The van der Waals surface area contributed by atoms with E-state index in [2.05, 4.69) is 34.1 Å². The molecule has 1 N–H and O–H groups in total. The van der Waals surface area contributed by atoms with Crippen LogP contribution in [0.2, 0.25) is 0 Å². The van der Waals surface area contributed by atoms with Gasteiger partial charge in [0.1, 0.15) is 5.75 Å². The minimum Gasteiger partial charge on any atom is -0.463 e. The molecule has 4 rings (SSSR count). The zero-order chi connectivity index (χ0) is 15.8. The van der Waals surface area contributed by atoms with Crippen molar-refractivity contribution in [3.8, 4) is 5.75 Å². The first kappa shape index (κ1) is 14.3. The number of hydrogen-bond acceptors (Lipinski definition) is 4. The topological polar surface area (TPSA) is 38.6 Å². The van der Waals surface area contributed by atoms with E-state index < -0.39 is 6.86 Å². The van der Waals surface area contributed by atoms with Crippen molar-refractivity contribution in [1.29, 1.82) is 0 Å². The van der Waals surface area contributed by atoms with E-state index in [1.165, 1.54) is 0 Å². The van der Waals surface area contributed by atoms with Crippen LogP contribution in [0.15, 0.2) is 48.3 Å². The summed E-state index contributed by atoms with van der Waals surface area (Å²) in [6.45, 7) is -0.811. The number of hydrogen-bond donors (Lipinski definition) is 1. The quantitative estimate of drug-likeness (QED) is 0.786. The second kappa shape index (κ2) is 5.70. The molecule has 1 atom stereocenters. The Morgan fingerprint density at radius 3 is 3.13 bits per heavy atom. The molecule has 3 aromatic rings. The van der Waals surface area contributed by atoms with Gasteiger partial charge in [0.2, 0.25) is 6.86 Å². The highest BCUT2D eigenvalue weighted by Crippen LogP contribution is 2.32. The Labute approximate surface area is 136 Å². The average molecular weight is 329 g/mol. The Hall–Kier alpha value is -2.34. The number of ether oxygens (including phenoxy) is 1. The molecular formula is C17H16FN3OS. The zero-order valence-electron chi connectivity index (χ0n) is 12.6. The Morgan fingerprint density at radius 1 is 1.48 bits per heavy atom. The lowest BCUT2D eigenvalue weighted by atomic mass is 9.97. The van der Waals surface area contributed by atoms with Crippen molar-refractivity contribution in [3.63, 3.8) is 0 Å². The number of alkyl halides is 1. The molecule has 0 saturated heterocycles. The third kappa shape index (κ3) is 2.49. The Balaban J connectivity index is 1.69. The molecule has 4 nitrogen and oxygen atoms in total. The van der Waals surface area contributed by atoms with Gasteiger partial charge in [0.15, 0.2) is 4.96 Å². The molecule has 0 spiro atoms. The fraction of sp³-hybridized carbons (Fsp3) is 0.235. The monoisotopic (exact) mass is 329 g/mol. The number of fused-ring (bicyclic) bond motifs is 3. The van der Waals surface area contributed by atoms with Crippen LogP contribution in [-0.2, 0) is 0 Å². The second-order valence-corrected chi connectivity index (χ2v) is 6.42. The number of allylic oxidation sites excluding steroid dienone is 3. The highest BCUT2D eigenvalue weighted by molar-refractivity contribution is 7.23. The van der Waals surface area contributed by atoms with E-state index in [1.807, 2.05) is 19.2 Å². The normalized spacial score (nSPS) is 17.7. The summed E-state index contributed by atoms with van der Waals surface area (Å²) in [5.41, 5.74) is 3.29. The predicted molar refractivity (Wildman–Crippen MR) is 90.8 cm³/mol. The zero-order valence-corrected chi connectivity index (χ0v) is 13.4. The molecular weight excluding hydrogens is 313 g/mol. The first-order chi connectivity index (χ1) is 11.3. The van der Waals surface area contributed by atoms with Gasteiger partial charge in [0.25, 0.3) is 0 Å². The minimum atomic E-state index is -0.811. The van der Waals surface area contributed by atoms with Crippen molar-refractivity contribution in [2.24, 2.45) is 0 Å². The standard InChI is InChI=1S/C17H16FN3OS/c1-19-12-4-2-11(3-5-12)14-9-21-15-7-6-13(22-10-18)8-16(15)23-17(21)20-14/h2,4-9,11,19H,3,10H2,1H3. The summed E-state index contributed by atoms with van der Waals surface area (Å²) in [6, 6.07) is 5.59. The minimum absolute atomic E-state index is 0.309. The number of benzene rings is 1. The van der Waals surface area contributed by atoms with E-state index in [0.717, 1.165) is 33.0 Å². The van der Waals surface area contributed by atoms with Gasteiger partial charge in [-0.2, -0.15) is 0 Å². The molecule has 0 saturated carbocycles. The molecule has 0 bridgehead atoms. The number of nitrogens with zero attached hydrogens (tertiary/aromatic N) is 2. The van der Waals surface area contributed by atoms with Gasteiger partial charge in [-0.3, -0.25) is 4.40 Å². The summed E-state index contributed by atoms with van der Waals surface area (Å²) < 4.78 is 20.3. The molecule has 0 amide bonds. The molecule has 23 heavy (non-hydrogen) atoms. The van der Waals surface area contributed by atoms with Crippen molar-refractivity contribution in [2.45, 2.75) is 12.3 Å². The van der Waals surface area contributed by atoms with E-state index in [0.29, 0.717) is 11.7 Å². The first-order valence-corrected chi connectivity index (χ1v) is 8.26. The lowest BCUT2D eigenvalue weighted by Crippen LogP contribution is -2.08. The fourth-order valence-corrected chi connectivity index (χ4v) is 3.90. The average Bonchev–Trinajstić information content (AvgIpc) is 3.12. The number of rotatable bonds is 4. The van der Waals surface area contributed by atoms with Crippen LogP contribution in [0.25, 0.3) is 15.2 Å². The van der Waals surface area contributed by atoms with Crippen LogP contribution in [0.1, 0.15) is 18.0 Å². The van der Waals surface area contributed by atoms with Crippen molar-refractivity contribution in [3.05, 3.63) is 54.0 Å². The molecule has 0 radical (unpaired) electrons. The number of imidazole rings is 1. The molecule has 1 aromatic carbocycles. The smallest absolute Gasteiger partial charge is 0.228 e. The number of halogens is 1. The highest BCUT2D eigenvalue weighted by atomic mass is 32.1. The summed E-state index contributed by atoms with van der Waals surface area (Å²) >= 11 is 1.59. The van der Waals surface area contributed by atoms with Gasteiger partial charge < -0.3 is 10.1 Å². The van der Waals surface area contributed by atoms with Gasteiger partial charge >= 0.3 is 0 Å². The maximum atomic E-state index is 12.3. The summed E-state index contributed by atoms with van der Waals surface area (Å²) in [7, 11) is 1.93. The van der Waals surface area contributed by atoms with Crippen LogP contribution in [0.5, 0.6) is 5.75 Å². The van der Waals surface area contributed by atoms with E-state index in [9.17, 15) is 4.39 Å². The van der Waals surface area contributed by atoms with E-state index in [4.69, 9.17) is 9.72 Å². The molecule has 1 aliphatic carbocycles. The van der Waals surface area contributed by atoms with Crippen LogP contribution in [0, 0.1) is 0 Å². The fourth-order valence-electron chi connectivity index (χ4n) is 2.86. The number of nitrogens with one attached hydrogen (secondary N) is 1. The molecule has 118 valence electrons. The SMILES string of the molecule is CNC1=CCC(c2cn3c(n2)sc2cc(OCF)ccc23)C=C1. The van der Waals surface area contributed by atoms with Crippen LogP contribution in [0.4, 0.5) is 4.39 Å². The first-order valence-electron chi connectivity index (χ1n) is 7.45. The number of likely N-dealkylation sites (N-methyl/N-ethyl adjacent to an activating group) is 1. The van der Waals surface area contributed by atoms with Crippen molar-refractivity contribution >= 4 is 26.5 Å². The number of aromatic nitrogens is 2. The predicted octanol–water partition coefficient (Wildman–Crippen LogP) is 4.00. The Bertz CT molecular complexity index is 925. The molecule has 0 aliphatic heterocycles. The van der Waals surface area contributed by atoms with Gasteiger partial charge in [-0.25, -0.2) is 9.37 Å². The van der Waals surface area contributed by atoms with E-state index in [1.54, 1.807) is 17.4 Å². The molecule has 0 fully saturated rings. The van der Waals surface area contributed by atoms with Crippen LogP contribution in [0.3, 0.4) is 0 Å². The second-order valence-electron chi connectivity index (χ2n) is 5.41. The van der Waals surface area contributed by atoms with E-state index in [-0.39, 0.29) is 0 Å². The van der Waals surface area contributed by atoms with Crippen molar-refractivity contribution < 1.29 is 9.13 Å². The molecule has 1 unspecified atom stereocenters. The molecule has 1 aliphatic rings. The Morgan fingerprint density at radius 2 is 2.39 bits per heavy atom.